The van der Waals surface area contributed by atoms with Crippen LogP contribution in [0.4, 0.5) is 0 Å². The molecule has 1 rings (SSSR count). The second kappa shape index (κ2) is 9.16. The van der Waals surface area contributed by atoms with Gasteiger partial charge in [0.05, 0.1) is 12.2 Å². The highest BCUT2D eigenvalue weighted by Crippen LogP contribution is 2.23. The van der Waals surface area contributed by atoms with Gasteiger partial charge in [0.1, 0.15) is 10.7 Å². The van der Waals surface area contributed by atoms with Crippen molar-refractivity contribution >= 4 is 28.8 Å². The Labute approximate surface area is 126 Å². The SMILES string of the molecule is CCCCCCCCOc1cc(Cl)ccc1C(N)=S. The zero-order valence-electron chi connectivity index (χ0n) is 11.5. The van der Waals surface area contributed by atoms with Crippen molar-refractivity contribution in [3.8, 4) is 5.75 Å². The highest BCUT2D eigenvalue weighted by Gasteiger charge is 2.07. The van der Waals surface area contributed by atoms with E-state index in [4.69, 9.17) is 34.3 Å². The molecule has 1 aromatic rings. The molecule has 0 spiro atoms. The Bertz CT molecular complexity index is 409. The molecule has 0 aliphatic rings. The lowest BCUT2D eigenvalue weighted by Crippen LogP contribution is -2.12. The molecular formula is C15H22ClNOS. The van der Waals surface area contributed by atoms with Crippen LogP contribution in [-0.2, 0) is 0 Å². The van der Waals surface area contributed by atoms with E-state index in [0.29, 0.717) is 22.4 Å². The summed E-state index contributed by atoms with van der Waals surface area (Å²) in [6.45, 7) is 2.90. The fourth-order valence-corrected chi connectivity index (χ4v) is 2.21. The number of ether oxygens (including phenoxy) is 1. The van der Waals surface area contributed by atoms with E-state index in [-0.39, 0.29) is 0 Å². The summed E-state index contributed by atoms with van der Waals surface area (Å²) in [5.74, 6) is 0.688. The Morgan fingerprint density at radius 2 is 1.89 bits per heavy atom. The molecule has 1 aromatic carbocycles. The van der Waals surface area contributed by atoms with E-state index < -0.39 is 0 Å². The number of nitrogens with two attached hydrogens (primary N) is 1. The normalized spacial score (nSPS) is 10.4. The van der Waals surface area contributed by atoms with E-state index in [0.717, 1.165) is 12.0 Å². The fourth-order valence-electron chi connectivity index (χ4n) is 1.88. The van der Waals surface area contributed by atoms with Crippen LogP contribution in [0.1, 0.15) is 51.0 Å². The largest absolute Gasteiger partial charge is 0.493 e. The second-order valence-electron chi connectivity index (χ2n) is 4.62. The van der Waals surface area contributed by atoms with E-state index >= 15 is 0 Å². The summed E-state index contributed by atoms with van der Waals surface area (Å²) in [7, 11) is 0. The molecule has 0 heterocycles. The molecule has 106 valence electrons. The van der Waals surface area contributed by atoms with Gasteiger partial charge in [0.2, 0.25) is 0 Å². The highest BCUT2D eigenvalue weighted by atomic mass is 35.5. The van der Waals surface area contributed by atoms with Crippen LogP contribution in [-0.4, -0.2) is 11.6 Å². The molecular weight excluding hydrogens is 278 g/mol. The first-order valence-corrected chi connectivity index (χ1v) is 7.66. The van der Waals surface area contributed by atoms with Crippen molar-refractivity contribution in [2.75, 3.05) is 6.61 Å². The molecule has 0 atom stereocenters. The lowest BCUT2D eigenvalue weighted by Gasteiger charge is -2.11. The van der Waals surface area contributed by atoms with E-state index in [1.54, 1.807) is 18.2 Å². The summed E-state index contributed by atoms with van der Waals surface area (Å²) in [5, 5.41) is 0.637. The number of hydrogen-bond acceptors (Lipinski definition) is 2. The summed E-state index contributed by atoms with van der Waals surface area (Å²) in [6.07, 6.45) is 7.42. The summed E-state index contributed by atoms with van der Waals surface area (Å²) < 4.78 is 5.73. The average molecular weight is 300 g/mol. The Morgan fingerprint density at radius 1 is 1.21 bits per heavy atom. The van der Waals surface area contributed by atoms with E-state index in [1.807, 2.05) is 0 Å². The van der Waals surface area contributed by atoms with Crippen LogP contribution in [0.3, 0.4) is 0 Å². The Balaban J connectivity index is 2.36. The first-order chi connectivity index (χ1) is 9.15. The molecule has 0 aromatic heterocycles. The van der Waals surface area contributed by atoms with Gasteiger partial charge >= 0.3 is 0 Å². The zero-order chi connectivity index (χ0) is 14.1. The number of unbranched alkanes of at least 4 members (excludes halogenated alkanes) is 5. The van der Waals surface area contributed by atoms with Gasteiger partial charge in [0.15, 0.2) is 0 Å². The first-order valence-electron chi connectivity index (χ1n) is 6.87. The fraction of sp³-hybridized carbons (Fsp3) is 0.533. The molecule has 0 radical (unpaired) electrons. The van der Waals surface area contributed by atoms with Crippen LogP contribution in [0.5, 0.6) is 5.75 Å². The van der Waals surface area contributed by atoms with Gasteiger partial charge < -0.3 is 10.5 Å². The molecule has 0 aliphatic carbocycles. The van der Waals surface area contributed by atoms with Crippen molar-refractivity contribution in [2.45, 2.75) is 45.4 Å². The average Bonchev–Trinajstić information content (AvgIpc) is 2.37. The molecule has 0 unspecified atom stereocenters. The lowest BCUT2D eigenvalue weighted by atomic mass is 10.1. The molecule has 4 heteroatoms. The lowest BCUT2D eigenvalue weighted by molar-refractivity contribution is 0.304. The van der Waals surface area contributed by atoms with Crippen molar-refractivity contribution in [1.82, 2.24) is 0 Å². The minimum absolute atomic E-state index is 0.342. The summed E-state index contributed by atoms with van der Waals surface area (Å²) in [6, 6.07) is 5.35. The van der Waals surface area contributed by atoms with Crippen LogP contribution in [0.25, 0.3) is 0 Å². The van der Waals surface area contributed by atoms with Gasteiger partial charge in [0, 0.05) is 5.02 Å². The second-order valence-corrected chi connectivity index (χ2v) is 5.50. The van der Waals surface area contributed by atoms with Crippen molar-refractivity contribution in [1.29, 1.82) is 0 Å². The van der Waals surface area contributed by atoms with Gasteiger partial charge in [-0.25, -0.2) is 0 Å². The molecule has 2 N–H and O–H groups in total. The van der Waals surface area contributed by atoms with Crippen molar-refractivity contribution < 1.29 is 4.74 Å². The third-order valence-electron chi connectivity index (χ3n) is 2.96. The first kappa shape index (κ1) is 16.3. The van der Waals surface area contributed by atoms with Crippen LogP contribution in [0, 0.1) is 0 Å². The Hall–Kier alpha value is -0.800. The van der Waals surface area contributed by atoms with Gasteiger partial charge in [0.25, 0.3) is 0 Å². The topological polar surface area (TPSA) is 35.2 Å². The monoisotopic (exact) mass is 299 g/mol. The van der Waals surface area contributed by atoms with Gasteiger partial charge in [-0.15, -0.1) is 0 Å². The maximum Gasteiger partial charge on any atom is 0.130 e. The maximum atomic E-state index is 5.95. The van der Waals surface area contributed by atoms with Crippen molar-refractivity contribution in [2.24, 2.45) is 5.73 Å². The molecule has 0 saturated carbocycles. The van der Waals surface area contributed by atoms with E-state index in [1.165, 1.54) is 32.1 Å². The third kappa shape index (κ3) is 6.26. The van der Waals surface area contributed by atoms with Crippen molar-refractivity contribution in [3.63, 3.8) is 0 Å². The molecule has 0 amide bonds. The minimum atomic E-state index is 0.342. The third-order valence-corrected chi connectivity index (χ3v) is 3.42. The van der Waals surface area contributed by atoms with Gasteiger partial charge in [-0.05, 0) is 24.6 Å². The zero-order valence-corrected chi connectivity index (χ0v) is 13.0. The van der Waals surface area contributed by atoms with Gasteiger partial charge in [-0.3, -0.25) is 0 Å². The maximum absolute atomic E-state index is 5.95. The predicted octanol–water partition coefficient (Wildman–Crippen LogP) is 4.71. The predicted molar refractivity (Wildman–Crippen MR) is 86.2 cm³/mol. The summed E-state index contributed by atoms with van der Waals surface area (Å²) in [5.41, 5.74) is 6.41. The molecule has 2 nitrogen and oxygen atoms in total. The molecule has 0 aliphatic heterocycles. The number of thiocarbonyl (C=S) groups is 1. The quantitative estimate of drug-likeness (QED) is 0.529. The van der Waals surface area contributed by atoms with Crippen molar-refractivity contribution in [3.05, 3.63) is 28.8 Å². The van der Waals surface area contributed by atoms with E-state index in [2.05, 4.69) is 6.92 Å². The van der Waals surface area contributed by atoms with Crippen LogP contribution < -0.4 is 10.5 Å². The van der Waals surface area contributed by atoms with Crippen LogP contribution in [0.15, 0.2) is 18.2 Å². The summed E-state index contributed by atoms with van der Waals surface area (Å²) in [4.78, 5) is 0.342. The molecule has 19 heavy (non-hydrogen) atoms. The Kier molecular flexibility index (Phi) is 7.84. The smallest absolute Gasteiger partial charge is 0.130 e. The number of rotatable bonds is 9. The number of hydrogen-bond donors (Lipinski definition) is 1. The highest BCUT2D eigenvalue weighted by molar-refractivity contribution is 7.80. The van der Waals surface area contributed by atoms with Gasteiger partial charge in [-0.1, -0.05) is 62.8 Å². The van der Waals surface area contributed by atoms with Gasteiger partial charge in [-0.2, -0.15) is 0 Å². The summed E-state index contributed by atoms with van der Waals surface area (Å²) >= 11 is 11.0. The molecule has 0 saturated heterocycles. The molecule has 0 bridgehead atoms. The molecule has 0 fully saturated rings. The van der Waals surface area contributed by atoms with Crippen LogP contribution >= 0.6 is 23.8 Å². The number of benzene rings is 1. The minimum Gasteiger partial charge on any atom is -0.493 e. The van der Waals surface area contributed by atoms with E-state index in [9.17, 15) is 0 Å². The standard InChI is InChI=1S/C15H22ClNOS/c1-2-3-4-5-6-7-10-18-14-11-12(16)8-9-13(14)15(17)19/h8-9,11H,2-7,10H2,1H3,(H2,17,19). The Morgan fingerprint density at radius 3 is 2.58 bits per heavy atom. The van der Waals surface area contributed by atoms with Crippen LogP contribution in [0.2, 0.25) is 5.02 Å². The number of halogens is 1.